The minimum absolute atomic E-state index is 0.140. The van der Waals surface area contributed by atoms with Gasteiger partial charge in [0.1, 0.15) is 11.9 Å². The number of hydrogen-bond donors (Lipinski definition) is 1. The molecule has 2 rings (SSSR count). The molecule has 0 aliphatic rings. The standard InChI is InChI=1S/C24H30ClFN2O2S/c1-17(2)14-27-24(30)18(3)28(13-12-19-8-5-4-6-9-19)23(29)16-31-15-20-21(25)10-7-11-22(20)26/h4-11,17-18H,12-16H2,1-3H3,(H,27,30)/t18-/m0/s1. The highest BCUT2D eigenvalue weighted by atomic mass is 35.5. The molecule has 0 saturated carbocycles. The van der Waals surface area contributed by atoms with Crippen LogP contribution >= 0.6 is 23.4 Å². The Morgan fingerprint density at radius 1 is 1.10 bits per heavy atom. The highest BCUT2D eigenvalue weighted by Gasteiger charge is 2.25. The molecule has 0 aromatic heterocycles. The normalized spacial score (nSPS) is 11.9. The number of rotatable bonds is 11. The highest BCUT2D eigenvalue weighted by Crippen LogP contribution is 2.24. The Hall–Kier alpha value is -2.05. The second kappa shape index (κ2) is 12.7. The Labute approximate surface area is 193 Å². The molecule has 0 saturated heterocycles. The maximum Gasteiger partial charge on any atom is 0.242 e. The van der Waals surface area contributed by atoms with Gasteiger partial charge in [0.25, 0.3) is 0 Å². The maximum atomic E-state index is 14.0. The first kappa shape index (κ1) is 25.2. The topological polar surface area (TPSA) is 49.4 Å². The van der Waals surface area contributed by atoms with Gasteiger partial charge in [0, 0.05) is 29.4 Å². The number of nitrogens with zero attached hydrogens (tertiary/aromatic N) is 1. The molecule has 7 heteroatoms. The van der Waals surface area contributed by atoms with E-state index in [0.29, 0.717) is 36.0 Å². The molecule has 31 heavy (non-hydrogen) atoms. The Bertz CT molecular complexity index is 844. The van der Waals surface area contributed by atoms with Crippen molar-refractivity contribution in [1.82, 2.24) is 10.2 Å². The quantitative estimate of drug-likeness (QED) is 0.512. The predicted molar refractivity (Wildman–Crippen MR) is 127 cm³/mol. The van der Waals surface area contributed by atoms with Crippen molar-refractivity contribution < 1.29 is 14.0 Å². The summed E-state index contributed by atoms with van der Waals surface area (Å²) in [6.07, 6.45) is 0.651. The van der Waals surface area contributed by atoms with Crippen LogP contribution < -0.4 is 5.32 Å². The number of carbonyl (C=O) groups is 2. The summed E-state index contributed by atoms with van der Waals surface area (Å²) in [6.45, 7) is 6.78. The lowest BCUT2D eigenvalue weighted by Gasteiger charge is -2.29. The molecule has 0 heterocycles. The van der Waals surface area contributed by atoms with E-state index in [2.05, 4.69) is 5.32 Å². The van der Waals surface area contributed by atoms with Crippen molar-refractivity contribution in [1.29, 1.82) is 0 Å². The van der Waals surface area contributed by atoms with Crippen LogP contribution in [0.2, 0.25) is 5.02 Å². The van der Waals surface area contributed by atoms with Gasteiger partial charge in [-0.25, -0.2) is 4.39 Å². The largest absolute Gasteiger partial charge is 0.354 e. The molecule has 0 fully saturated rings. The first-order valence-electron chi connectivity index (χ1n) is 10.4. The van der Waals surface area contributed by atoms with Crippen LogP contribution in [0.15, 0.2) is 48.5 Å². The monoisotopic (exact) mass is 464 g/mol. The molecule has 0 aliphatic carbocycles. The second-order valence-electron chi connectivity index (χ2n) is 7.83. The van der Waals surface area contributed by atoms with Crippen LogP contribution in [-0.2, 0) is 21.8 Å². The van der Waals surface area contributed by atoms with Gasteiger partial charge in [-0.3, -0.25) is 9.59 Å². The van der Waals surface area contributed by atoms with E-state index in [1.807, 2.05) is 44.2 Å². The van der Waals surface area contributed by atoms with E-state index in [0.717, 1.165) is 5.56 Å². The van der Waals surface area contributed by atoms with E-state index in [-0.39, 0.29) is 29.1 Å². The first-order chi connectivity index (χ1) is 14.8. The van der Waals surface area contributed by atoms with E-state index in [9.17, 15) is 14.0 Å². The number of thioether (sulfide) groups is 1. The summed E-state index contributed by atoms with van der Waals surface area (Å²) in [5.41, 5.74) is 1.49. The van der Waals surface area contributed by atoms with Crippen LogP contribution in [0.4, 0.5) is 4.39 Å². The van der Waals surface area contributed by atoms with Gasteiger partial charge < -0.3 is 10.2 Å². The van der Waals surface area contributed by atoms with Crippen LogP contribution in [0, 0.1) is 11.7 Å². The summed E-state index contributed by atoms with van der Waals surface area (Å²) >= 11 is 7.37. The van der Waals surface area contributed by atoms with Crippen molar-refractivity contribution in [3.63, 3.8) is 0 Å². The van der Waals surface area contributed by atoms with E-state index >= 15 is 0 Å². The third kappa shape index (κ3) is 8.19. The Morgan fingerprint density at radius 2 is 1.81 bits per heavy atom. The zero-order valence-corrected chi connectivity index (χ0v) is 19.8. The Balaban J connectivity index is 2.02. The third-order valence-corrected chi connectivity index (χ3v) is 6.17. The summed E-state index contributed by atoms with van der Waals surface area (Å²) < 4.78 is 14.0. The predicted octanol–water partition coefficient (Wildman–Crippen LogP) is 4.94. The zero-order valence-electron chi connectivity index (χ0n) is 18.2. The van der Waals surface area contributed by atoms with Crippen LogP contribution in [0.1, 0.15) is 31.9 Å². The number of hydrogen-bond acceptors (Lipinski definition) is 3. The van der Waals surface area contributed by atoms with Gasteiger partial charge in [-0.05, 0) is 37.0 Å². The van der Waals surface area contributed by atoms with Gasteiger partial charge >= 0.3 is 0 Å². The lowest BCUT2D eigenvalue weighted by atomic mass is 10.1. The Morgan fingerprint density at radius 3 is 2.45 bits per heavy atom. The molecule has 0 bridgehead atoms. The van der Waals surface area contributed by atoms with Crippen molar-refractivity contribution in [3.05, 3.63) is 70.5 Å². The van der Waals surface area contributed by atoms with Crippen molar-refractivity contribution in [2.75, 3.05) is 18.8 Å². The molecule has 168 valence electrons. The Kier molecular flexibility index (Phi) is 10.3. The smallest absolute Gasteiger partial charge is 0.242 e. The van der Waals surface area contributed by atoms with Gasteiger partial charge in [-0.15, -0.1) is 11.8 Å². The first-order valence-corrected chi connectivity index (χ1v) is 11.9. The van der Waals surface area contributed by atoms with Crippen LogP contribution in [0.25, 0.3) is 0 Å². The summed E-state index contributed by atoms with van der Waals surface area (Å²) in [4.78, 5) is 27.2. The third-order valence-electron chi connectivity index (χ3n) is 4.87. The molecule has 4 nitrogen and oxygen atoms in total. The molecule has 0 unspecified atom stereocenters. The number of amides is 2. The number of nitrogens with one attached hydrogen (secondary N) is 1. The van der Waals surface area contributed by atoms with Crippen LogP contribution in [-0.4, -0.2) is 41.6 Å². The SMILES string of the molecule is CC(C)CNC(=O)[C@H](C)N(CCc1ccccc1)C(=O)CSCc1c(F)cccc1Cl. The minimum atomic E-state index is -0.590. The van der Waals surface area contributed by atoms with E-state index in [1.54, 1.807) is 24.0 Å². The number of halogens is 2. The molecule has 0 aliphatic heterocycles. The molecular weight excluding hydrogens is 435 g/mol. The van der Waals surface area contributed by atoms with Crippen LogP contribution in [0.5, 0.6) is 0 Å². The van der Waals surface area contributed by atoms with Crippen molar-refractivity contribution in [2.45, 2.75) is 39.0 Å². The lowest BCUT2D eigenvalue weighted by Crippen LogP contribution is -2.50. The molecular formula is C24H30ClFN2O2S. The molecule has 1 N–H and O–H groups in total. The summed E-state index contributed by atoms with van der Waals surface area (Å²) in [5.74, 6) is 0.0530. The van der Waals surface area contributed by atoms with Gasteiger partial charge in [0.15, 0.2) is 0 Å². The van der Waals surface area contributed by atoms with Gasteiger partial charge in [-0.2, -0.15) is 0 Å². The van der Waals surface area contributed by atoms with E-state index in [1.165, 1.54) is 17.8 Å². The number of carbonyl (C=O) groups excluding carboxylic acids is 2. The zero-order chi connectivity index (χ0) is 22.8. The maximum absolute atomic E-state index is 14.0. The fourth-order valence-electron chi connectivity index (χ4n) is 3.02. The van der Waals surface area contributed by atoms with Gasteiger partial charge in [0.2, 0.25) is 11.8 Å². The fraction of sp³-hybridized carbons (Fsp3) is 0.417. The van der Waals surface area contributed by atoms with Crippen molar-refractivity contribution in [3.8, 4) is 0 Å². The number of benzene rings is 2. The minimum Gasteiger partial charge on any atom is -0.354 e. The molecule has 1 atom stereocenters. The van der Waals surface area contributed by atoms with Crippen molar-refractivity contribution in [2.24, 2.45) is 5.92 Å². The average Bonchev–Trinajstić information content (AvgIpc) is 2.74. The van der Waals surface area contributed by atoms with Gasteiger partial charge in [-0.1, -0.05) is 61.8 Å². The van der Waals surface area contributed by atoms with E-state index < -0.39 is 6.04 Å². The molecule has 2 amide bonds. The van der Waals surface area contributed by atoms with E-state index in [4.69, 9.17) is 11.6 Å². The average molecular weight is 465 g/mol. The van der Waals surface area contributed by atoms with Crippen LogP contribution in [0.3, 0.4) is 0 Å². The summed E-state index contributed by atoms with van der Waals surface area (Å²) in [6, 6.07) is 13.8. The molecule has 2 aromatic carbocycles. The fourth-order valence-corrected chi connectivity index (χ4v) is 4.27. The highest BCUT2D eigenvalue weighted by molar-refractivity contribution is 7.99. The van der Waals surface area contributed by atoms with Gasteiger partial charge in [0.05, 0.1) is 5.75 Å². The second-order valence-corrected chi connectivity index (χ2v) is 9.22. The summed E-state index contributed by atoms with van der Waals surface area (Å²) in [5, 5.41) is 3.25. The van der Waals surface area contributed by atoms with Crippen molar-refractivity contribution >= 4 is 35.2 Å². The molecule has 2 aromatic rings. The molecule has 0 radical (unpaired) electrons. The molecule has 0 spiro atoms. The summed E-state index contributed by atoms with van der Waals surface area (Å²) in [7, 11) is 0. The lowest BCUT2D eigenvalue weighted by molar-refractivity contribution is -0.138.